The van der Waals surface area contributed by atoms with Crippen LogP contribution in [0.2, 0.25) is 0 Å². The van der Waals surface area contributed by atoms with Crippen molar-refractivity contribution >= 4 is 15.9 Å². The summed E-state index contributed by atoms with van der Waals surface area (Å²) in [7, 11) is 0. The zero-order chi connectivity index (χ0) is 6.85. The zero-order valence-electron chi connectivity index (χ0n) is 4.93. The normalized spacial score (nSPS) is 9.56. The van der Waals surface area contributed by atoms with Gasteiger partial charge in [0.2, 0.25) is 0 Å². The molecule has 0 amide bonds. The van der Waals surface area contributed by atoms with Crippen molar-refractivity contribution in [3.8, 4) is 5.75 Å². The molecule has 0 fully saturated rings. The van der Waals surface area contributed by atoms with Gasteiger partial charge in [-0.05, 0) is 34.5 Å². The Bertz CT molecular complexity index is 204. The van der Waals surface area contributed by atoms with E-state index in [9.17, 15) is 0 Å². The maximum Gasteiger partial charge on any atom is 0.151 e. The third-order valence-electron chi connectivity index (χ3n) is 1.08. The van der Waals surface area contributed by atoms with Crippen molar-refractivity contribution in [1.29, 1.82) is 0 Å². The first kappa shape index (κ1) is 6.55. The van der Waals surface area contributed by atoms with Crippen LogP contribution in [0.4, 0.5) is 0 Å². The van der Waals surface area contributed by atoms with E-state index in [0.717, 1.165) is 5.56 Å². The topological polar surface area (TPSA) is 33.1 Å². The molecular formula is C6H6BrNO. The fourth-order valence-electron chi connectivity index (χ4n) is 0.517. The molecule has 1 N–H and O–H groups in total. The second-order valence-corrected chi connectivity index (χ2v) is 2.52. The number of aromatic nitrogens is 1. The number of rotatable bonds is 0. The molecule has 0 aliphatic heterocycles. The summed E-state index contributed by atoms with van der Waals surface area (Å²) in [6.45, 7) is 1.82. The highest BCUT2D eigenvalue weighted by Crippen LogP contribution is 2.23. The molecule has 0 aliphatic rings. The molecular weight excluding hydrogens is 182 g/mol. The lowest BCUT2D eigenvalue weighted by Gasteiger charge is -1.96. The van der Waals surface area contributed by atoms with Crippen LogP contribution in [0.15, 0.2) is 16.9 Å². The molecule has 0 atom stereocenters. The van der Waals surface area contributed by atoms with E-state index >= 15 is 0 Å². The van der Waals surface area contributed by atoms with Gasteiger partial charge in [-0.15, -0.1) is 0 Å². The molecule has 0 unspecified atom stereocenters. The summed E-state index contributed by atoms with van der Waals surface area (Å²) in [6, 6.07) is 1.75. The van der Waals surface area contributed by atoms with Crippen LogP contribution >= 0.6 is 15.9 Å². The number of pyridine rings is 1. The van der Waals surface area contributed by atoms with Crippen molar-refractivity contribution in [2.24, 2.45) is 0 Å². The van der Waals surface area contributed by atoms with Crippen LogP contribution in [0.3, 0.4) is 0 Å². The van der Waals surface area contributed by atoms with E-state index in [2.05, 4.69) is 20.9 Å². The molecule has 1 aromatic rings. The van der Waals surface area contributed by atoms with E-state index < -0.39 is 0 Å². The molecule has 0 spiro atoms. The van der Waals surface area contributed by atoms with Crippen molar-refractivity contribution in [3.63, 3.8) is 0 Å². The number of hydrogen-bond acceptors (Lipinski definition) is 2. The highest BCUT2D eigenvalue weighted by Gasteiger charge is 1.98. The minimum atomic E-state index is 0.220. The smallest absolute Gasteiger partial charge is 0.151 e. The van der Waals surface area contributed by atoms with Crippen molar-refractivity contribution in [1.82, 2.24) is 4.98 Å². The molecule has 1 aromatic heterocycles. The fraction of sp³-hybridized carbons (Fsp3) is 0.167. The van der Waals surface area contributed by atoms with E-state index in [1.54, 1.807) is 12.3 Å². The second kappa shape index (κ2) is 2.35. The summed E-state index contributed by atoms with van der Waals surface area (Å²) >= 11 is 3.08. The Morgan fingerprint density at radius 2 is 2.33 bits per heavy atom. The molecule has 0 bridgehead atoms. The molecule has 0 aliphatic carbocycles. The molecule has 3 heteroatoms. The van der Waals surface area contributed by atoms with E-state index in [-0.39, 0.29) is 5.75 Å². The molecule has 0 radical (unpaired) electrons. The molecule has 1 heterocycles. The zero-order valence-corrected chi connectivity index (χ0v) is 6.51. The average molecular weight is 188 g/mol. The van der Waals surface area contributed by atoms with E-state index in [4.69, 9.17) is 5.11 Å². The Morgan fingerprint density at radius 3 is 2.78 bits per heavy atom. The van der Waals surface area contributed by atoms with E-state index in [1.165, 1.54) is 0 Å². The van der Waals surface area contributed by atoms with Crippen LogP contribution in [-0.2, 0) is 0 Å². The Morgan fingerprint density at radius 1 is 1.67 bits per heavy atom. The molecule has 0 saturated carbocycles. The van der Waals surface area contributed by atoms with Crippen molar-refractivity contribution in [3.05, 3.63) is 22.4 Å². The molecule has 2 nitrogen and oxygen atoms in total. The van der Waals surface area contributed by atoms with Gasteiger partial charge >= 0.3 is 0 Å². The minimum Gasteiger partial charge on any atom is -0.505 e. The maximum atomic E-state index is 9.10. The Balaban J connectivity index is 3.25. The molecule has 9 heavy (non-hydrogen) atoms. The van der Waals surface area contributed by atoms with Gasteiger partial charge in [-0.2, -0.15) is 0 Å². The van der Waals surface area contributed by atoms with Gasteiger partial charge in [-0.25, -0.2) is 4.98 Å². The Labute approximate surface area is 61.7 Å². The third-order valence-corrected chi connectivity index (χ3v) is 1.66. The van der Waals surface area contributed by atoms with Gasteiger partial charge in [0, 0.05) is 6.20 Å². The van der Waals surface area contributed by atoms with E-state index in [0.29, 0.717) is 4.60 Å². The lowest BCUT2D eigenvalue weighted by molar-refractivity contribution is 0.464. The number of halogens is 1. The van der Waals surface area contributed by atoms with Gasteiger partial charge < -0.3 is 5.11 Å². The van der Waals surface area contributed by atoms with Gasteiger partial charge in [-0.3, -0.25) is 0 Å². The molecule has 0 saturated heterocycles. The van der Waals surface area contributed by atoms with Crippen LogP contribution < -0.4 is 0 Å². The van der Waals surface area contributed by atoms with Crippen LogP contribution in [0.1, 0.15) is 5.56 Å². The predicted molar refractivity (Wildman–Crippen MR) is 38.3 cm³/mol. The standard InChI is InChI=1S/C6H6BrNO/c1-4-2-3-8-6(7)5(4)9/h2-3,9H,1H3. The Hall–Kier alpha value is -0.570. The van der Waals surface area contributed by atoms with Gasteiger partial charge in [0.15, 0.2) is 5.75 Å². The number of aromatic hydroxyl groups is 1. The van der Waals surface area contributed by atoms with E-state index in [1.807, 2.05) is 6.92 Å². The summed E-state index contributed by atoms with van der Waals surface area (Å²) < 4.78 is 0.502. The number of aryl methyl sites for hydroxylation is 1. The number of nitrogens with zero attached hydrogens (tertiary/aromatic N) is 1. The lowest BCUT2D eigenvalue weighted by Crippen LogP contribution is -1.78. The first-order chi connectivity index (χ1) is 4.22. The summed E-state index contributed by atoms with van der Waals surface area (Å²) in [6.07, 6.45) is 1.64. The average Bonchev–Trinajstić information content (AvgIpc) is 1.83. The molecule has 48 valence electrons. The van der Waals surface area contributed by atoms with Crippen LogP contribution in [-0.4, -0.2) is 10.1 Å². The number of hydrogen-bond donors (Lipinski definition) is 1. The fourth-order valence-corrected chi connectivity index (χ4v) is 0.948. The van der Waals surface area contributed by atoms with Crippen molar-refractivity contribution in [2.45, 2.75) is 6.92 Å². The Kier molecular flexibility index (Phi) is 1.71. The first-order valence-electron chi connectivity index (χ1n) is 2.52. The highest BCUT2D eigenvalue weighted by atomic mass is 79.9. The van der Waals surface area contributed by atoms with Gasteiger partial charge in [0.05, 0.1) is 0 Å². The summed E-state index contributed by atoms with van der Waals surface area (Å²) in [4.78, 5) is 3.81. The van der Waals surface area contributed by atoms with Gasteiger partial charge in [0.1, 0.15) is 4.60 Å². The maximum absolute atomic E-state index is 9.10. The van der Waals surface area contributed by atoms with Crippen LogP contribution in [0, 0.1) is 6.92 Å². The molecule has 0 aromatic carbocycles. The minimum absolute atomic E-state index is 0.220. The second-order valence-electron chi connectivity index (χ2n) is 1.77. The van der Waals surface area contributed by atoms with Gasteiger partial charge in [0.25, 0.3) is 0 Å². The summed E-state index contributed by atoms with van der Waals surface area (Å²) in [5.41, 5.74) is 0.830. The summed E-state index contributed by atoms with van der Waals surface area (Å²) in [5.74, 6) is 0.220. The molecule has 1 rings (SSSR count). The van der Waals surface area contributed by atoms with Crippen LogP contribution in [0.25, 0.3) is 0 Å². The monoisotopic (exact) mass is 187 g/mol. The third kappa shape index (κ3) is 1.21. The summed E-state index contributed by atoms with van der Waals surface area (Å²) in [5, 5.41) is 9.10. The van der Waals surface area contributed by atoms with Crippen molar-refractivity contribution in [2.75, 3.05) is 0 Å². The first-order valence-corrected chi connectivity index (χ1v) is 3.31. The lowest BCUT2D eigenvalue weighted by atomic mass is 10.3. The van der Waals surface area contributed by atoms with Crippen LogP contribution in [0.5, 0.6) is 5.75 Å². The quantitative estimate of drug-likeness (QED) is 0.630. The largest absolute Gasteiger partial charge is 0.505 e. The van der Waals surface area contributed by atoms with Gasteiger partial charge in [-0.1, -0.05) is 0 Å². The van der Waals surface area contributed by atoms with Crippen molar-refractivity contribution < 1.29 is 5.11 Å². The SMILES string of the molecule is Cc1ccnc(Br)c1O. The predicted octanol–water partition coefficient (Wildman–Crippen LogP) is 1.86. The highest BCUT2D eigenvalue weighted by molar-refractivity contribution is 9.10.